The van der Waals surface area contributed by atoms with E-state index in [-0.39, 0.29) is 11.8 Å². The van der Waals surface area contributed by atoms with Crippen LogP contribution < -0.4 is 5.32 Å². The van der Waals surface area contributed by atoms with E-state index in [2.05, 4.69) is 34.5 Å². The molecule has 0 spiro atoms. The molecule has 0 aromatic heterocycles. The molecule has 110 valence electrons. The van der Waals surface area contributed by atoms with Gasteiger partial charge in [0.15, 0.2) is 0 Å². The minimum absolute atomic E-state index is 0.0456. The number of nitrogens with one attached hydrogen (secondary N) is 1. The number of nitrogens with zero attached hydrogens (tertiary/aromatic N) is 1. The molecule has 1 fully saturated rings. The molecular formula is C17H26N2O. The van der Waals surface area contributed by atoms with Gasteiger partial charge in [0, 0.05) is 19.0 Å². The van der Waals surface area contributed by atoms with E-state index in [1.165, 1.54) is 43.5 Å². The number of likely N-dealkylation sites (tertiary alicyclic amines) is 1. The summed E-state index contributed by atoms with van der Waals surface area (Å²) in [5.74, 6) is 0.169. The van der Waals surface area contributed by atoms with Gasteiger partial charge in [-0.3, -0.25) is 9.69 Å². The molecule has 1 N–H and O–H groups in total. The first-order chi connectivity index (χ1) is 9.66. The van der Waals surface area contributed by atoms with Gasteiger partial charge in [-0.15, -0.1) is 0 Å². The van der Waals surface area contributed by atoms with Gasteiger partial charge in [0.1, 0.15) is 0 Å². The standard InChI is InChI=1S/C17H26N2O/c1-14(2)17(20)18-12-15-8-4-5-9-16(15)13-19-10-6-3-7-11-19/h4-5,8-9,14H,3,6-7,10-13H2,1-2H3,(H,18,20). The molecule has 0 unspecified atom stereocenters. The summed E-state index contributed by atoms with van der Waals surface area (Å²) < 4.78 is 0. The van der Waals surface area contributed by atoms with Gasteiger partial charge in [-0.1, -0.05) is 44.5 Å². The highest BCUT2D eigenvalue weighted by Crippen LogP contribution is 2.16. The summed E-state index contributed by atoms with van der Waals surface area (Å²) in [5.41, 5.74) is 2.59. The van der Waals surface area contributed by atoms with E-state index in [4.69, 9.17) is 0 Å². The topological polar surface area (TPSA) is 32.3 Å². The van der Waals surface area contributed by atoms with Crippen LogP contribution >= 0.6 is 0 Å². The van der Waals surface area contributed by atoms with Crippen molar-refractivity contribution in [2.45, 2.75) is 46.2 Å². The maximum Gasteiger partial charge on any atom is 0.222 e. The summed E-state index contributed by atoms with van der Waals surface area (Å²) in [6.07, 6.45) is 3.99. The van der Waals surface area contributed by atoms with Gasteiger partial charge in [0.05, 0.1) is 0 Å². The molecule has 0 radical (unpaired) electrons. The maximum atomic E-state index is 11.7. The van der Waals surface area contributed by atoms with Crippen molar-refractivity contribution in [3.05, 3.63) is 35.4 Å². The van der Waals surface area contributed by atoms with Crippen LogP contribution in [0.3, 0.4) is 0 Å². The SMILES string of the molecule is CC(C)C(=O)NCc1ccccc1CN1CCCCC1. The highest BCUT2D eigenvalue weighted by molar-refractivity contribution is 5.77. The Morgan fingerprint density at radius 1 is 1.15 bits per heavy atom. The molecule has 2 rings (SSSR count). The molecule has 1 aromatic carbocycles. The highest BCUT2D eigenvalue weighted by atomic mass is 16.1. The molecular weight excluding hydrogens is 248 g/mol. The second kappa shape index (κ2) is 7.44. The number of benzene rings is 1. The summed E-state index contributed by atoms with van der Waals surface area (Å²) in [6.45, 7) is 7.90. The summed E-state index contributed by atoms with van der Waals surface area (Å²) in [7, 11) is 0. The van der Waals surface area contributed by atoms with Gasteiger partial charge in [-0.05, 0) is 37.1 Å². The minimum Gasteiger partial charge on any atom is -0.352 e. The first-order valence-electron chi connectivity index (χ1n) is 7.73. The summed E-state index contributed by atoms with van der Waals surface area (Å²) in [4.78, 5) is 14.2. The third-order valence-electron chi connectivity index (χ3n) is 3.94. The molecule has 1 aliphatic heterocycles. The molecule has 1 aromatic rings. The van der Waals surface area contributed by atoms with Crippen LogP contribution in [0.2, 0.25) is 0 Å². The summed E-state index contributed by atoms with van der Waals surface area (Å²) in [5, 5.41) is 3.02. The van der Waals surface area contributed by atoms with Gasteiger partial charge in [0.25, 0.3) is 0 Å². The van der Waals surface area contributed by atoms with Crippen LogP contribution in [0.5, 0.6) is 0 Å². The predicted octanol–water partition coefficient (Wildman–Crippen LogP) is 2.94. The fourth-order valence-corrected chi connectivity index (χ4v) is 2.63. The van der Waals surface area contributed by atoms with Crippen LogP contribution in [0.1, 0.15) is 44.2 Å². The lowest BCUT2D eigenvalue weighted by molar-refractivity contribution is -0.124. The van der Waals surface area contributed by atoms with E-state index in [9.17, 15) is 4.79 Å². The number of carbonyl (C=O) groups excluding carboxylic acids is 1. The molecule has 0 aliphatic carbocycles. The van der Waals surface area contributed by atoms with Crippen molar-refractivity contribution >= 4 is 5.91 Å². The van der Waals surface area contributed by atoms with Crippen molar-refractivity contribution in [3.63, 3.8) is 0 Å². The highest BCUT2D eigenvalue weighted by Gasteiger charge is 2.13. The van der Waals surface area contributed by atoms with Crippen LogP contribution in [0.4, 0.5) is 0 Å². The Hall–Kier alpha value is -1.35. The average molecular weight is 274 g/mol. The van der Waals surface area contributed by atoms with Crippen molar-refractivity contribution in [2.75, 3.05) is 13.1 Å². The van der Waals surface area contributed by atoms with E-state index in [1.54, 1.807) is 0 Å². The van der Waals surface area contributed by atoms with Gasteiger partial charge >= 0.3 is 0 Å². The van der Waals surface area contributed by atoms with E-state index in [1.807, 2.05) is 13.8 Å². The number of amides is 1. The lowest BCUT2D eigenvalue weighted by atomic mass is 10.0. The lowest BCUT2D eigenvalue weighted by Crippen LogP contribution is -2.31. The second-order valence-electron chi connectivity index (χ2n) is 5.98. The quantitative estimate of drug-likeness (QED) is 0.895. The van der Waals surface area contributed by atoms with E-state index in [0.717, 1.165) is 6.54 Å². The monoisotopic (exact) mass is 274 g/mol. The van der Waals surface area contributed by atoms with Crippen LogP contribution in [-0.4, -0.2) is 23.9 Å². The fourth-order valence-electron chi connectivity index (χ4n) is 2.63. The Morgan fingerprint density at radius 2 is 1.80 bits per heavy atom. The van der Waals surface area contributed by atoms with Crippen LogP contribution in [0.25, 0.3) is 0 Å². The van der Waals surface area contributed by atoms with Gasteiger partial charge < -0.3 is 5.32 Å². The van der Waals surface area contributed by atoms with Gasteiger partial charge in [0.2, 0.25) is 5.91 Å². The molecule has 0 bridgehead atoms. The van der Waals surface area contributed by atoms with E-state index >= 15 is 0 Å². The van der Waals surface area contributed by atoms with E-state index < -0.39 is 0 Å². The van der Waals surface area contributed by atoms with Crippen molar-refractivity contribution in [2.24, 2.45) is 5.92 Å². The number of rotatable bonds is 5. The van der Waals surface area contributed by atoms with Gasteiger partial charge in [-0.25, -0.2) is 0 Å². The average Bonchev–Trinajstić information content (AvgIpc) is 2.47. The van der Waals surface area contributed by atoms with E-state index in [0.29, 0.717) is 6.54 Å². The van der Waals surface area contributed by atoms with Crippen LogP contribution in [0.15, 0.2) is 24.3 Å². The molecule has 1 heterocycles. The Labute approximate surface area is 122 Å². The molecule has 0 saturated carbocycles. The Kier molecular flexibility index (Phi) is 5.60. The third kappa shape index (κ3) is 4.34. The van der Waals surface area contributed by atoms with Crippen molar-refractivity contribution in [1.29, 1.82) is 0 Å². The van der Waals surface area contributed by atoms with Crippen molar-refractivity contribution < 1.29 is 4.79 Å². The molecule has 20 heavy (non-hydrogen) atoms. The zero-order valence-electron chi connectivity index (χ0n) is 12.7. The normalized spacial score (nSPS) is 16.4. The Morgan fingerprint density at radius 3 is 2.45 bits per heavy atom. The van der Waals surface area contributed by atoms with Crippen molar-refractivity contribution in [3.8, 4) is 0 Å². The maximum absolute atomic E-state index is 11.7. The molecule has 3 heteroatoms. The third-order valence-corrected chi connectivity index (χ3v) is 3.94. The predicted molar refractivity (Wildman–Crippen MR) is 82.3 cm³/mol. The zero-order chi connectivity index (χ0) is 14.4. The minimum atomic E-state index is 0.0456. The second-order valence-corrected chi connectivity index (χ2v) is 5.98. The van der Waals surface area contributed by atoms with Crippen LogP contribution in [-0.2, 0) is 17.9 Å². The first kappa shape index (κ1) is 15.0. The zero-order valence-corrected chi connectivity index (χ0v) is 12.7. The molecule has 1 amide bonds. The summed E-state index contributed by atoms with van der Waals surface area (Å²) in [6, 6.07) is 8.45. The molecule has 1 aliphatic rings. The first-order valence-corrected chi connectivity index (χ1v) is 7.73. The fraction of sp³-hybridized carbons (Fsp3) is 0.588. The number of piperidine rings is 1. The molecule has 0 atom stereocenters. The van der Waals surface area contributed by atoms with Crippen LogP contribution in [0, 0.1) is 5.92 Å². The Bertz CT molecular complexity index is 436. The summed E-state index contributed by atoms with van der Waals surface area (Å²) >= 11 is 0. The van der Waals surface area contributed by atoms with Gasteiger partial charge in [-0.2, -0.15) is 0 Å². The largest absolute Gasteiger partial charge is 0.352 e. The lowest BCUT2D eigenvalue weighted by Gasteiger charge is -2.27. The number of hydrogen-bond acceptors (Lipinski definition) is 2. The number of hydrogen-bond donors (Lipinski definition) is 1. The number of carbonyl (C=O) groups is 1. The van der Waals surface area contributed by atoms with Crippen molar-refractivity contribution in [1.82, 2.24) is 10.2 Å². The smallest absolute Gasteiger partial charge is 0.222 e. The molecule has 1 saturated heterocycles. The Balaban J connectivity index is 1.96. The molecule has 3 nitrogen and oxygen atoms in total.